The number of hydrogen-bond acceptors (Lipinski definition) is 9. The van der Waals surface area contributed by atoms with Gasteiger partial charge in [-0.1, -0.05) is 162 Å². The van der Waals surface area contributed by atoms with Crippen molar-refractivity contribution < 1.29 is 42.8 Å². The monoisotopic (exact) mass is 832 g/mol. The van der Waals surface area contributed by atoms with E-state index in [0.29, 0.717) is 39.5 Å². The van der Waals surface area contributed by atoms with Crippen LogP contribution in [0, 0.1) is 0 Å². The van der Waals surface area contributed by atoms with E-state index in [-0.39, 0.29) is 82.7 Å². The maximum absolute atomic E-state index is 11.7. The van der Waals surface area contributed by atoms with Crippen molar-refractivity contribution in [2.45, 2.75) is 200 Å². The number of carbonyl (C=O) groups excluding carboxylic acids is 3. The van der Waals surface area contributed by atoms with Gasteiger partial charge in [-0.15, -0.1) is 0 Å². The molecule has 0 aliphatic carbocycles. The number of rotatable bonds is 33. The molecule has 0 spiro atoms. The van der Waals surface area contributed by atoms with Crippen molar-refractivity contribution in [3.8, 4) is 0 Å². The topological polar surface area (TPSA) is 116 Å². The number of amides is 3. The summed E-state index contributed by atoms with van der Waals surface area (Å²) >= 11 is 0. The van der Waals surface area contributed by atoms with Crippen LogP contribution < -0.4 is 0 Å². The second-order valence-corrected chi connectivity index (χ2v) is 13.0. The van der Waals surface area contributed by atoms with Gasteiger partial charge < -0.3 is 43.1 Å². The average Bonchev–Trinajstić information content (AvgIpc) is 3.13. The SMILES string of the molecule is C.C.C.C.C.C.CCCCCCCC(=O)N(C)COCOC.CCCCCCCCC(=O)N(C)COCOC.CCCCCCCCCC(=O)N(C)COCOC. The fourth-order valence-corrected chi connectivity index (χ4v) is 4.73. The molecule has 0 N–H and O–H groups in total. The molecule has 0 radical (unpaired) electrons. The molecule has 354 valence electrons. The van der Waals surface area contributed by atoms with Crippen LogP contribution in [0.5, 0.6) is 0 Å². The predicted octanol–water partition coefficient (Wildman–Crippen LogP) is 12.1. The van der Waals surface area contributed by atoms with Crippen LogP contribution in [0.4, 0.5) is 0 Å². The highest BCUT2D eigenvalue weighted by Gasteiger charge is 2.09. The maximum Gasteiger partial charge on any atom is 0.224 e. The summed E-state index contributed by atoms with van der Waals surface area (Å²) in [4.78, 5) is 39.7. The van der Waals surface area contributed by atoms with Gasteiger partial charge in [0.2, 0.25) is 17.7 Å². The van der Waals surface area contributed by atoms with Crippen LogP contribution >= 0.6 is 0 Å². The van der Waals surface area contributed by atoms with Crippen molar-refractivity contribution in [1.82, 2.24) is 14.7 Å². The van der Waals surface area contributed by atoms with E-state index < -0.39 is 0 Å². The van der Waals surface area contributed by atoms with Crippen molar-refractivity contribution >= 4 is 17.7 Å². The molecule has 0 aromatic heterocycles. The molecular formula is C45H105N3O9. The molecule has 12 nitrogen and oxygen atoms in total. The molecule has 0 aliphatic heterocycles. The summed E-state index contributed by atoms with van der Waals surface area (Å²) in [5, 5.41) is 0. The van der Waals surface area contributed by atoms with E-state index in [9.17, 15) is 14.4 Å². The van der Waals surface area contributed by atoms with Crippen LogP contribution in [0.2, 0.25) is 0 Å². The third-order valence-electron chi connectivity index (χ3n) is 7.97. The third kappa shape index (κ3) is 61.0. The first kappa shape index (κ1) is 75.9. The van der Waals surface area contributed by atoms with Gasteiger partial charge in [0.25, 0.3) is 0 Å². The summed E-state index contributed by atoms with van der Waals surface area (Å²) < 4.78 is 29.6. The van der Waals surface area contributed by atoms with Gasteiger partial charge in [-0.05, 0) is 19.3 Å². The van der Waals surface area contributed by atoms with Crippen molar-refractivity contribution in [3.63, 3.8) is 0 Å². The van der Waals surface area contributed by atoms with Gasteiger partial charge in [0.1, 0.15) is 40.6 Å². The van der Waals surface area contributed by atoms with Crippen LogP contribution in [-0.2, 0) is 42.8 Å². The number of hydrogen-bond donors (Lipinski definition) is 0. The number of carbonyl (C=O) groups is 3. The second kappa shape index (κ2) is 63.3. The van der Waals surface area contributed by atoms with Crippen molar-refractivity contribution in [3.05, 3.63) is 0 Å². The Balaban J connectivity index is -0.0000000824. The molecule has 0 saturated carbocycles. The molecule has 3 amide bonds. The largest absolute Gasteiger partial charge is 0.359 e. The van der Waals surface area contributed by atoms with Crippen molar-refractivity contribution in [1.29, 1.82) is 0 Å². The standard InChI is InChI=1S/C14H29NO3.C13H27NO3.C12H25NO3.6CH4/c1-4-5-6-7-8-9-10-11-14(16)15(2)12-18-13-17-3;1-4-5-6-7-8-9-10-13(15)14(2)11-17-12-16-3;1-4-5-6-7-8-9-12(14)13(2)10-16-11-15-3;;;;;;/h4-13H2,1-3H3;4-12H2,1-3H3;4-11H2,1-3H3;6*1H4. The highest BCUT2D eigenvalue weighted by Crippen LogP contribution is 2.10. The van der Waals surface area contributed by atoms with Gasteiger partial charge in [0, 0.05) is 61.7 Å². The molecule has 0 fully saturated rings. The minimum Gasteiger partial charge on any atom is -0.359 e. The molecule has 12 heteroatoms. The zero-order chi connectivity index (χ0) is 38.8. The van der Waals surface area contributed by atoms with E-state index in [1.807, 2.05) is 0 Å². The molecule has 0 aromatic carbocycles. The maximum atomic E-state index is 11.7. The zero-order valence-electron chi connectivity index (χ0n) is 34.6. The third-order valence-corrected chi connectivity index (χ3v) is 7.97. The summed E-state index contributed by atoms with van der Waals surface area (Å²) in [6, 6.07) is 0. The summed E-state index contributed by atoms with van der Waals surface area (Å²) in [7, 11) is 9.98. The molecule has 0 unspecified atom stereocenters. The highest BCUT2D eigenvalue weighted by atomic mass is 16.7. The van der Waals surface area contributed by atoms with Gasteiger partial charge >= 0.3 is 0 Å². The van der Waals surface area contributed by atoms with Crippen molar-refractivity contribution in [2.24, 2.45) is 0 Å². The van der Waals surface area contributed by atoms with Crippen LogP contribution in [0.3, 0.4) is 0 Å². The number of methoxy groups -OCH3 is 3. The summed E-state index contributed by atoms with van der Waals surface area (Å²) in [5.41, 5.74) is 0. The first-order chi connectivity index (χ1) is 24.7. The van der Waals surface area contributed by atoms with Gasteiger partial charge in [-0.2, -0.15) is 0 Å². The lowest BCUT2D eigenvalue weighted by atomic mass is 10.1. The average molecular weight is 832 g/mol. The van der Waals surface area contributed by atoms with Crippen LogP contribution in [0.25, 0.3) is 0 Å². The van der Waals surface area contributed by atoms with E-state index in [0.717, 1.165) is 38.5 Å². The molecular weight excluding hydrogens is 727 g/mol. The fraction of sp³-hybridized carbons (Fsp3) is 0.933. The Hall–Kier alpha value is -1.83. The van der Waals surface area contributed by atoms with Crippen LogP contribution in [0.15, 0.2) is 0 Å². The van der Waals surface area contributed by atoms with E-state index >= 15 is 0 Å². The minimum atomic E-state index is 0. The van der Waals surface area contributed by atoms with Gasteiger partial charge in [-0.25, -0.2) is 0 Å². The predicted molar refractivity (Wildman–Crippen MR) is 246 cm³/mol. The van der Waals surface area contributed by atoms with E-state index in [1.165, 1.54) is 77.0 Å². The molecule has 57 heavy (non-hydrogen) atoms. The smallest absolute Gasteiger partial charge is 0.224 e. The Morgan fingerprint density at radius 3 is 0.737 bits per heavy atom. The molecule has 0 aromatic rings. The van der Waals surface area contributed by atoms with Gasteiger partial charge in [-0.3, -0.25) is 14.4 Å². The van der Waals surface area contributed by atoms with Crippen LogP contribution in [-0.4, -0.2) is 115 Å². The van der Waals surface area contributed by atoms with Crippen LogP contribution in [0.1, 0.15) is 200 Å². The lowest BCUT2D eigenvalue weighted by molar-refractivity contribution is -0.140. The Kier molecular flexibility index (Phi) is 84.4. The Morgan fingerprint density at radius 1 is 0.351 bits per heavy atom. The molecule has 0 heterocycles. The van der Waals surface area contributed by atoms with E-state index in [2.05, 4.69) is 20.8 Å². The molecule has 0 saturated heterocycles. The molecule has 0 rings (SSSR count). The number of ether oxygens (including phenoxy) is 6. The zero-order valence-corrected chi connectivity index (χ0v) is 34.6. The normalized spacial score (nSPS) is 9.42. The summed E-state index contributed by atoms with van der Waals surface area (Å²) in [6.45, 7) is 8.23. The van der Waals surface area contributed by atoms with Gasteiger partial charge in [0.15, 0.2) is 0 Å². The molecule has 0 atom stereocenters. The lowest BCUT2D eigenvalue weighted by Gasteiger charge is -2.16. The quantitative estimate of drug-likeness (QED) is 0.0470. The lowest BCUT2D eigenvalue weighted by Crippen LogP contribution is -2.29. The number of unbranched alkanes of at least 4 members (excludes halogenated alkanes) is 15. The van der Waals surface area contributed by atoms with Gasteiger partial charge in [0.05, 0.1) is 0 Å². The Labute approximate surface area is 357 Å². The summed E-state index contributed by atoms with van der Waals surface area (Å²) in [5.74, 6) is 0.448. The highest BCUT2D eigenvalue weighted by molar-refractivity contribution is 5.76. The fourth-order valence-electron chi connectivity index (χ4n) is 4.73. The summed E-state index contributed by atoms with van der Waals surface area (Å²) in [6.07, 6.45) is 23.6. The molecule has 0 bridgehead atoms. The number of nitrogens with zero attached hydrogens (tertiary/aromatic N) is 3. The first-order valence-corrected chi connectivity index (χ1v) is 19.6. The first-order valence-electron chi connectivity index (χ1n) is 19.6. The Bertz CT molecular complexity index is 749. The van der Waals surface area contributed by atoms with Crippen molar-refractivity contribution in [2.75, 3.05) is 83.0 Å². The minimum absolute atomic E-state index is 0. The molecule has 0 aliphatic rings. The Morgan fingerprint density at radius 2 is 0.544 bits per heavy atom. The van der Waals surface area contributed by atoms with E-state index in [1.54, 1.807) is 57.2 Å². The second-order valence-electron chi connectivity index (χ2n) is 13.0. The van der Waals surface area contributed by atoms with E-state index in [4.69, 9.17) is 28.4 Å².